The van der Waals surface area contributed by atoms with Gasteiger partial charge < -0.3 is 14.8 Å². The maximum absolute atomic E-state index is 12.3. The van der Waals surface area contributed by atoms with Crippen LogP contribution in [-0.2, 0) is 4.79 Å². The van der Waals surface area contributed by atoms with E-state index in [4.69, 9.17) is 9.47 Å². The molecule has 0 radical (unpaired) electrons. The first-order valence-corrected chi connectivity index (χ1v) is 7.50. The molecule has 1 aliphatic rings. The molecule has 0 saturated carbocycles. The second kappa shape index (κ2) is 6.58. The van der Waals surface area contributed by atoms with Crippen molar-refractivity contribution in [3.8, 4) is 11.5 Å². The monoisotopic (exact) mass is 323 g/mol. The van der Waals surface area contributed by atoms with Crippen LogP contribution in [0.3, 0.4) is 0 Å². The zero-order valence-electron chi connectivity index (χ0n) is 13.5. The number of fused-ring (bicyclic) bond motifs is 1. The van der Waals surface area contributed by atoms with Crippen LogP contribution in [-0.4, -0.2) is 25.4 Å². The van der Waals surface area contributed by atoms with Crippen LogP contribution >= 0.6 is 0 Å². The van der Waals surface area contributed by atoms with Crippen LogP contribution in [0.25, 0.3) is 6.08 Å². The van der Waals surface area contributed by atoms with Gasteiger partial charge in [-0.3, -0.25) is 9.59 Å². The number of aryl methyl sites for hydroxylation is 1. The molecule has 2 aromatic carbocycles. The van der Waals surface area contributed by atoms with E-state index in [0.29, 0.717) is 17.0 Å². The molecule has 24 heavy (non-hydrogen) atoms. The fraction of sp³-hybridized carbons (Fsp3) is 0.158. The fourth-order valence-electron chi connectivity index (χ4n) is 2.51. The molecule has 0 fully saturated rings. The molecule has 2 aromatic rings. The van der Waals surface area contributed by atoms with Crippen LogP contribution in [0.4, 0.5) is 5.69 Å². The van der Waals surface area contributed by atoms with Crippen molar-refractivity contribution in [1.29, 1.82) is 0 Å². The Morgan fingerprint density at radius 3 is 2.83 bits per heavy atom. The van der Waals surface area contributed by atoms with E-state index in [1.165, 1.54) is 6.08 Å². The van der Waals surface area contributed by atoms with Crippen LogP contribution in [0.5, 0.6) is 11.5 Å². The van der Waals surface area contributed by atoms with Crippen molar-refractivity contribution in [1.82, 2.24) is 0 Å². The number of methoxy groups -OCH3 is 1. The molecule has 1 heterocycles. The number of hydrogen-bond acceptors (Lipinski definition) is 4. The van der Waals surface area contributed by atoms with Crippen molar-refractivity contribution in [3.05, 3.63) is 59.2 Å². The Labute approximate surface area is 139 Å². The fourth-order valence-corrected chi connectivity index (χ4v) is 2.51. The Bertz CT molecular complexity index is 839. The number of rotatable bonds is 4. The van der Waals surface area contributed by atoms with E-state index in [2.05, 4.69) is 5.32 Å². The number of benzene rings is 2. The summed E-state index contributed by atoms with van der Waals surface area (Å²) < 4.78 is 10.5. The number of carbonyl (C=O) groups excluding carboxylic acids is 2. The molecule has 1 amide bonds. The average Bonchev–Trinajstić information content (AvgIpc) is 2.59. The van der Waals surface area contributed by atoms with Crippen LogP contribution < -0.4 is 14.8 Å². The van der Waals surface area contributed by atoms with Gasteiger partial charge in [0.05, 0.1) is 12.8 Å². The maximum atomic E-state index is 12.3. The third kappa shape index (κ3) is 3.30. The largest absolute Gasteiger partial charge is 0.496 e. The predicted molar refractivity (Wildman–Crippen MR) is 91.7 cm³/mol. The lowest BCUT2D eigenvalue weighted by Gasteiger charge is -2.17. The highest BCUT2D eigenvalue weighted by molar-refractivity contribution is 6.08. The summed E-state index contributed by atoms with van der Waals surface area (Å²) in [5, 5.41) is 2.69. The first-order chi connectivity index (χ1) is 11.6. The topological polar surface area (TPSA) is 64.6 Å². The highest BCUT2D eigenvalue weighted by atomic mass is 16.5. The Hall–Kier alpha value is -3.08. The van der Waals surface area contributed by atoms with Gasteiger partial charge >= 0.3 is 0 Å². The van der Waals surface area contributed by atoms with Crippen molar-refractivity contribution in [2.75, 3.05) is 19.0 Å². The average molecular weight is 323 g/mol. The Kier molecular flexibility index (Phi) is 4.33. The van der Waals surface area contributed by atoms with Gasteiger partial charge in [-0.25, -0.2) is 0 Å². The maximum Gasteiger partial charge on any atom is 0.262 e. The molecule has 0 aromatic heterocycles. The van der Waals surface area contributed by atoms with Crippen molar-refractivity contribution >= 4 is 23.5 Å². The summed E-state index contributed by atoms with van der Waals surface area (Å²) in [6.45, 7) is 1.95. The Morgan fingerprint density at radius 1 is 1.25 bits per heavy atom. The van der Waals surface area contributed by atoms with Crippen LogP contribution in [0.1, 0.15) is 21.5 Å². The number of carbonyl (C=O) groups is 2. The molecular formula is C19H17NO4. The van der Waals surface area contributed by atoms with Crippen molar-refractivity contribution < 1.29 is 19.1 Å². The number of hydrogen-bond donors (Lipinski definition) is 1. The standard InChI is InChI=1S/C19H17NO4/c1-12-9-13(4-7-17(12)23-2)3-6-16(21)14-5-8-18-15(10-14)20-19(22)11-24-18/h3-10H,11H2,1-2H3,(H,20,22). The number of anilines is 1. The summed E-state index contributed by atoms with van der Waals surface area (Å²) in [6.07, 6.45) is 3.26. The van der Waals surface area contributed by atoms with E-state index in [9.17, 15) is 9.59 Å². The van der Waals surface area contributed by atoms with E-state index in [1.807, 2.05) is 25.1 Å². The zero-order valence-corrected chi connectivity index (χ0v) is 13.5. The van der Waals surface area contributed by atoms with Gasteiger partial charge in [0.15, 0.2) is 12.4 Å². The van der Waals surface area contributed by atoms with Gasteiger partial charge in [0.2, 0.25) is 0 Å². The third-order valence-corrected chi connectivity index (χ3v) is 3.74. The summed E-state index contributed by atoms with van der Waals surface area (Å²) >= 11 is 0. The lowest BCUT2D eigenvalue weighted by molar-refractivity contribution is -0.118. The molecule has 5 heteroatoms. The minimum Gasteiger partial charge on any atom is -0.496 e. The van der Waals surface area contributed by atoms with Gasteiger partial charge in [-0.1, -0.05) is 12.1 Å². The van der Waals surface area contributed by atoms with E-state index < -0.39 is 0 Å². The number of nitrogens with one attached hydrogen (secondary N) is 1. The van der Waals surface area contributed by atoms with Gasteiger partial charge in [0, 0.05) is 5.56 Å². The first kappa shape index (κ1) is 15.8. The normalized spacial score (nSPS) is 13.2. The molecule has 0 saturated heterocycles. The lowest BCUT2D eigenvalue weighted by atomic mass is 10.1. The van der Waals surface area contributed by atoms with E-state index >= 15 is 0 Å². The molecule has 0 aliphatic carbocycles. The van der Waals surface area contributed by atoms with Crippen molar-refractivity contribution in [2.24, 2.45) is 0 Å². The zero-order chi connectivity index (χ0) is 17.1. The smallest absolute Gasteiger partial charge is 0.262 e. The molecular weight excluding hydrogens is 306 g/mol. The summed E-state index contributed by atoms with van der Waals surface area (Å²) in [6, 6.07) is 10.7. The highest BCUT2D eigenvalue weighted by Gasteiger charge is 2.17. The minimum atomic E-state index is -0.226. The van der Waals surface area contributed by atoms with E-state index in [1.54, 1.807) is 31.4 Å². The van der Waals surface area contributed by atoms with Gasteiger partial charge in [0.1, 0.15) is 11.5 Å². The first-order valence-electron chi connectivity index (χ1n) is 7.50. The second-order valence-electron chi connectivity index (χ2n) is 5.47. The number of amides is 1. The number of allylic oxidation sites excluding steroid dienone is 1. The summed E-state index contributed by atoms with van der Waals surface area (Å²) in [5.74, 6) is 1.01. The van der Waals surface area contributed by atoms with Crippen LogP contribution in [0.15, 0.2) is 42.5 Å². The lowest BCUT2D eigenvalue weighted by Crippen LogP contribution is -2.25. The summed E-state index contributed by atoms with van der Waals surface area (Å²) in [7, 11) is 1.62. The SMILES string of the molecule is COc1ccc(C=CC(=O)c2ccc3c(c2)NC(=O)CO3)cc1C. The van der Waals surface area contributed by atoms with Crippen molar-refractivity contribution in [2.45, 2.75) is 6.92 Å². The van der Waals surface area contributed by atoms with Crippen LogP contribution in [0.2, 0.25) is 0 Å². The molecule has 0 atom stereocenters. The molecule has 5 nitrogen and oxygen atoms in total. The van der Waals surface area contributed by atoms with Crippen LogP contribution in [0, 0.1) is 6.92 Å². The quantitative estimate of drug-likeness (QED) is 0.693. The molecule has 122 valence electrons. The molecule has 3 rings (SSSR count). The Morgan fingerprint density at radius 2 is 2.08 bits per heavy atom. The minimum absolute atomic E-state index is 0.00296. The Balaban J connectivity index is 1.78. The molecule has 0 unspecified atom stereocenters. The molecule has 0 bridgehead atoms. The van der Waals surface area contributed by atoms with E-state index in [-0.39, 0.29) is 18.3 Å². The molecule has 0 spiro atoms. The van der Waals surface area contributed by atoms with Gasteiger partial charge in [-0.05, 0) is 54.5 Å². The summed E-state index contributed by atoms with van der Waals surface area (Å²) in [5.41, 5.74) is 2.92. The van der Waals surface area contributed by atoms with E-state index in [0.717, 1.165) is 16.9 Å². The third-order valence-electron chi connectivity index (χ3n) is 3.74. The summed E-state index contributed by atoms with van der Waals surface area (Å²) in [4.78, 5) is 23.7. The predicted octanol–water partition coefficient (Wildman–Crippen LogP) is 3.23. The highest BCUT2D eigenvalue weighted by Crippen LogP contribution is 2.28. The van der Waals surface area contributed by atoms with Crippen molar-refractivity contribution in [3.63, 3.8) is 0 Å². The molecule has 1 aliphatic heterocycles. The van der Waals surface area contributed by atoms with Gasteiger partial charge in [-0.15, -0.1) is 0 Å². The molecule has 1 N–H and O–H groups in total. The second-order valence-corrected chi connectivity index (χ2v) is 5.47. The number of ether oxygens (including phenoxy) is 2. The number of ketones is 1. The van der Waals surface area contributed by atoms with Gasteiger partial charge in [-0.2, -0.15) is 0 Å². The van der Waals surface area contributed by atoms with Gasteiger partial charge in [0.25, 0.3) is 5.91 Å².